The first-order valence-corrected chi connectivity index (χ1v) is 20.6. The van der Waals surface area contributed by atoms with E-state index in [1.807, 2.05) is 0 Å². The lowest BCUT2D eigenvalue weighted by Gasteiger charge is -2.21. The van der Waals surface area contributed by atoms with Crippen LogP contribution < -0.4 is 0 Å². The number of hydrogen-bond donors (Lipinski definition) is 0. The molecular weight excluding hydrogens is 713 g/mol. The van der Waals surface area contributed by atoms with Gasteiger partial charge in [-0.05, 0) is 122 Å². The highest BCUT2D eigenvalue weighted by Crippen LogP contribution is 2.51. The lowest BCUT2D eigenvalue weighted by Crippen LogP contribution is -2.14. The Kier molecular flexibility index (Phi) is 7.31. The van der Waals surface area contributed by atoms with Crippen molar-refractivity contribution in [3.63, 3.8) is 0 Å². The zero-order valence-corrected chi connectivity index (χ0v) is 33.0. The Morgan fingerprint density at radius 1 is 0.288 bits per heavy atom. The van der Waals surface area contributed by atoms with Crippen molar-refractivity contribution in [1.82, 2.24) is 9.13 Å². The Hall–Kier alpha value is -7.42. The van der Waals surface area contributed by atoms with E-state index in [1.54, 1.807) is 0 Å². The van der Waals surface area contributed by atoms with E-state index in [4.69, 9.17) is 0 Å². The minimum absolute atomic E-state index is 0.113. The molecule has 2 nitrogen and oxygen atoms in total. The first-order valence-electron chi connectivity index (χ1n) is 20.6. The molecule has 2 heterocycles. The largest absolute Gasteiger partial charge is 0.309 e. The fourth-order valence-electron chi connectivity index (χ4n) is 9.97. The molecular formula is C57H40N2. The fraction of sp³-hybridized carbons (Fsp3) is 0.0526. The van der Waals surface area contributed by atoms with Gasteiger partial charge in [-0.2, -0.15) is 0 Å². The summed E-state index contributed by atoms with van der Waals surface area (Å²) in [6, 6.07) is 76.1. The Balaban J connectivity index is 1.12. The number of rotatable bonds is 5. The highest BCUT2D eigenvalue weighted by atomic mass is 15.0. The molecule has 0 saturated heterocycles. The van der Waals surface area contributed by atoms with E-state index in [-0.39, 0.29) is 5.41 Å². The van der Waals surface area contributed by atoms with Crippen molar-refractivity contribution in [3.8, 4) is 55.9 Å². The number of fused-ring (bicyclic) bond motifs is 9. The van der Waals surface area contributed by atoms with Crippen molar-refractivity contribution < 1.29 is 0 Å². The van der Waals surface area contributed by atoms with Crippen LogP contribution in [-0.2, 0) is 5.41 Å². The molecule has 59 heavy (non-hydrogen) atoms. The molecule has 1 aliphatic carbocycles. The van der Waals surface area contributed by atoms with Gasteiger partial charge in [0.2, 0.25) is 0 Å². The first kappa shape index (κ1) is 33.7. The second-order valence-corrected chi connectivity index (χ2v) is 16.6. The Morgan fingerprint density at radius 3 is 1.31 bits per heavy atom. The topological polar surface area (TPSA) is 9.86 Å². The molecule has 0 N–H and O–H groups in total. The second kappa shape index (κ2) is 12.8. The summed E-state index contributed by atoms with van der Waals surface area (Å²) in [6.45, 7) is 4.75. The van der Waals surface area contributed by atoms with Crippen LogP contribution in [0, 0.1) is 0 Å². The van der Waals surface area contributed by atoms with Gasteiger partial charge in [0, 0.05) is 38.3 Å². The molecule has 0 aliphatic heterocycles. The van der Waals surface area contributed by atoms with Gasteiger partial charge in [0.05, 0.1) is 22.1 Å². The predicted molar refractivity (Wildman–Crippen MR) is 249 cm³/mol. The number of hydrogen-bond acceptors (Lipinski definition) is 0. The minimum atomic E-state index is -0.113. The Bertz CT molecular complexity index is 3420. The first-order chi connectivity index (χ1) is 29.0. The van der Waals surface area contributed by atoms with Gasteiger partial charge in [0.15, 0.2) is 0 Å². The number of nitrogens with zero attached hydrogens (tertiary/aromatic N) is 2. The summed E-state index contributed by atoms with van der Waals surface area (Å²) < 4.78 is 4.94. The summed E-state index contributed by atoms with van der Waals surface area (Å²) in [5.41, 5.74) is 19.8. The van der Waals surface area contributed by atoms with Crippen LogP contribution in [0.4, 0.5) is 0 Å². The molecule has 9 aromatic carbocycles. The molecule has 0 unspecified atom stereocenters. The van der Waals surface area contributed by atoms with Crippen LogP contribution in [-0.4, -0.2) is 9.13 Å². The lowest BCUT2D eigenvalue weighted by molar-refractivity contribution is 0.661. The van der Waals surface area contributed by atoms with E-state index in [0.29, 0.717) is 0 Å². The molecule has 0 saturated carbocycles. The average molecular weight is 753 g/mol. The average Bonchev–Trinajstić information content (AvgIpc) is 3.88. The maximum atomic E-state index is 2.51. The number of benzene rings is 9. The SMILES string of the molecule is CC1(C)c2ccccc2-c2cc3c4cc(-c5ccccc5)ccc4n(-c4ccc5c(c4)c4cc(-c6ccccc6)ccc4n5-c4ccc(-c5ccccc5)cc4)c3cc21. The third-order valence-electron chi connectivity index (χ3n) is 12.9. The Labute approximate surface area is 343 Å². The summed E-state index contributed by atoms with van der Waals surface area (Å²) in [5.74, 6) is 0. The molecule has 0 spiro atoms. The molecule has 2 heteroatoms. The van der Waals surface area contributed by atoms with Crippen molar-refractivity contribution in [2.75, 3.05) is 0 Å². The molecule has 12 rings (SSSR count). The molecule has 0 bridgehead atoms. The standard InChI is InChI=1S/C57H40N2/c1-57(2)51-21-13-12-20-45(51)46-35-50-48-33-42(39-18-10-5-11-19-39)25-30-54(48)59(56(50)36-52(46)57)44-28-31-55-49(34-44)47-32-41(38-16-8-4-9-17-38)24-29-53(47)58(55)43-26-22-40(23-27-43)37-14-6-3-7-15-37/h3-36H,1-2H3. The molecule has 0 atom stereocenters. The number of aromatic nitrogens is 2. The van der Waals surface area contributed by atoms with Crippen LogP contribution in [0.25, 0.3) is 99.5 Å². The van der Waals surface area contributed by atoms with E-state index in [9.17, 15) is 0 Å². The maximum Gasteiger partial charge on any atom is 0.0544 e. The van der Waals surface area contributed by atoms with E-state index in [1.165, 1.54) is 99.2 Å². The van der Waals surface area contributed by atoms with Gasteiger partial charge >= 0.3 is 0 Å². The van der Waals surface area contributed by atoms with Crippen LogP contribution in [0.2, 0.25) is 0 Å². The molecule has 0 fully saturated rings. The van der Waals surface area contributed by atoms with E-state index < -0.39 is 0 Å². The van der Waals surface area contributed by atoms with Gasteiger partial charge in [0.1, 0.15) is 0 Å². The smallest absolute Gasteiger partial charge is 0.0544 e. The van der Waals surface area contributed by atoms with Crippen LogP contribution in [0.15, 0.2) is 206 Å². The van der Waals surface area contributed by atoms with Crippen molar-refractivity contribution >= 4 is 43.6 Å². The monoisotopic (exact) mass is 752 g/mol. The van der Waals surface area contributed by atoms with Gasteiger partial charge in [-0.1, -0.05) is 153 Å². The van der Waals surface area contributed by atoms with Crippen molar-refractivity contribution in [1.29, 1.82) is 0 Å². The molecule has 1 aliphatic rings. The molecule has 0 radical (unpaired) electrons. The maximum absolute atomic E-state index is 2.51. The minimum Gasteiger partial charge on any atom is -0.309 e. The van der Waals surface area contributed by atoms with E-state index in [2.05, 4.69) is 229 Å². The summed E-state index contributed by atoms with van der Waals surface area (Å²) >= 11 is 0. The predicted octanol–water partition coefficient (Wildman–Crippen LogP) is 15.2. The van der Waals surface area contributed by atoms with E-state index in [0.717, 1.165) is 11.4 Å². The van der Waals surface area contributed by atoms with Crippen LogP contribution in [0.1, 0.15) is 25.0 Å². The molecule has 11 aromatic rings. The van der Waals surface area contributed by atoms with Gasteiger partial charge in [-0.25, -0.2) is 0 Å². The van der Waals surface area contributed by atoms with E-state index >= 15 is 0 Å². The fourth-order valence-corrected chi connectivity index (χ4v) is 9.97. The zero-order chi connectivity index (χ0) is 39.2. The highest BCUT2D eigenvalue weighted by molar-refractivity contribution is 6.14. The summed E-state index contributed by atoms with van der Waals surface area (Å²) in [7, 11) is 0. The molecule has 2 aromatic heterocycles. The third kappa shape index (κ3) is 5.13. The normalized spacial score (nSPS) is 13.1. The Morgan fingerprint density at radius 2 is 0.712 bits per heavy atom. The lowest BCUT2D eigenvalue weighted by atomic mass is 9.82. The quantitative estimate of drug-likeness (QED) is 0.166. The second-order valence-electron chi connectivity index (χ2n) is 16.6. The third-order valence-corrected chi connectivity index (χ3v) is 12.9. The zero-order valence-electron chi connectivity index (χ0n) is 33.0. The van der Waals surface area contributed by atoms with Crippen LogP contribution in [0.5, 0.6) is 0 Å². The van der Waals surface area contributed by atoms with Crippen LogP contribution >= 0.6 is 0 Å². The summed E-state index contributed by atoms with van der Waals surface area (Å²) in [4.78, 5) is 0. The van der Waals surface area contributed by atoms with Gasteiger partial charge in [-0.15, -0.1) is 0 Å². The van der Waals surface area contributed by atoms with Gasteiger partial charge < -0.3 is 9.13 Å². The van der Waals surface area contributed by atoms with Crippen molar-refractivity contribution in [3.05, 3.63) is 217 Å². The van der Waals surface area contributed by atoms with Crippen molar-refractivity contribution in [2.45, 2.75) is 19.3 Å². The summed E-state index contributed by atoms with van der Waals surface area (Å²) in [6.07, 6.45) is 0. The van der Waals surface area contributed by atoms with Crippen molar-refractivity contribution in [2.24, 2.45) is 0 Å². The van der Waals surface area contributed by atoms with Crippen LogP contribution in [0.3, 0.4) is 0 Å². The highest BCUT2D eigenvalue weighted by Gasteiger charge is 2.36. The van der Waals surface area contributed by atoms with Gasteiger partial charge in [0.25, 0.3) is 0 Å². The molecule has 0 amide bonds. The summed E-state index contributed by atoms with van der Waals surface area (Å²) in [5, 5.41) is 5.00. The molecule has 278 valence electrons. The van der Waals surface area contributed by atoms with Gasteiger partial charge in [-0.3, -0.25) is 0 Å².